The summed E-state index contributed by atoms with van der Waals surface area (Å²) in [7, 11) is 3.84. The van der Waals surface area contributed by atoms with Crippen LogP contribution in [-0.4, -0.2) is 49.5 Å². The van der Waals surface area contributed by atoms with E-state index in [1.54, 1.807) is 12.1 Å². The molecular formula is C33H40ClN2O6P. The molecule has 3 N–H and O–H groups in total. The van der Waals surface area contributed by atoms with Crippen LogP contribution in [-0.2, 0) is 4.79 Å². The van der Waals surface area contributed by atoms with Crippen molar-refractivity contribution >= 4 is 54.9 Å². The maximum Gasteiger partial charge on any atom is 0.227 e. The van der Waals surface area contributed by atoms with Gasteiger partial charge in [-0.05, 0) is 55.0 Å². The summed E-state index contributed by atoms with van der Waals surface area (Å²) in [6, 6.07) is 13.3. The third kappa shape index (κ3) is 6.43. The average Bonchev–Trinajstić information content (AvgIpc) is 3.67. The van der Waals surface area contributed by atoms with Crippen LogP contribution in [0.3, 0.4) is 0 Å². The molecule has 1 fully saturated rings. The highest BCUT2D eigenvalue weighted by Gasteiger charge is 2.35. The van der Waals surface area contributed by atoms with Gasteiger partial charge >= 0.3 is 0 Å². The summed E-state index contributed by atoms with van der Waals surface area (Å²) in [6.07, 6.45) is 5.22. The molecule has 1 amide bonds. The molecule has 230 valence electrons. The molecule has 43 heavy (non-hydrogen) atoms. The number of methoxy groups -OCH3 is 1. The smallest absolute Gasteiger partial charge is 0.227 e. The number of hydrogen-bond acceptors (Lipinski definition) is 7. The number of rotatable bonds is 13. The second-order valence-corrected chi connectivity index (χ2v) is 12.0. The van der Waals surface area contributed by atoms with Crippen molar-refractivity contribution in [3.05, 3.63) is 53.6 Å². The first-order chi connectivity index (χ1) is 20.9. The molecular weight excluding hydrogens is 587 g/mol. The van der Waals surface area contributed by atoms with Crippen molar-refractivity contribution in [3.8, 4) is 17.2 Å². The summed E-state index contributed by atoms with van der Waals surface area (Å²) in [5, 5.41) is 11.7. The molecule has 0 radical (unpaired) electrons. The Balaban J connectivity index is 1.15. The number of anilines is 2. The number of Topliss-reactive ketones (excluding diaryl/α,β-unsaturated/α-hetero) is 1. The first-order valence-electron chi connectivity index (χ1n) is 15.0. The van der Waals surface area contributed by atoms with Gasteiger partial charge in [0, 0.05) is 66.1 Å². The number of alkyl halides is 1. The molecule has 4 atom stereocenters. The van der Waals surface area contributed by atoms with Gasteiger partial charge in [-0.15, -0.1) is 11.6 Å². The fourth-order valence-electron chi connectivity index (χ4n) is 6.61. The zero-order chi connectivity index (χ0) is 30.5. The van der Waals surface area contributed by atoms with Crippen LogP contribution < -0.4 is 24.6 Å². The van der Waals surface area contributed by atoms with Crippen LogP contribution in [0.1, 0.15) is 66.8 Å². The molecule has 0 bridgehead atoms. The van der Waals surface area contributed by atoms with Crippen molar-refractivity contribution in [2.45, 2.75) is 50.9 Å². The van der Waals surface area contributed by atoms with Crippen molar-refractivity contribution < 1.29 is 28.7 Å². The van der Waals surface area contributed by atoms with Gasteiger partial charge in [-0.3, -0.25) is 9.59 Å². The van der Waals surface area contributed by atoms with E-state index in [0.717, 1.165) is 60.5 Å². The molecule has 3 aromatic carbocycles. The number of aliphatic hydroxyl groups is 1. The van der Waals surface area contributed by atoms with Crippen molar-refractivity contribution in [2.75, 3.05) is 43.4 Å². The van der Waals surface area contributed by atoms with Crippen molar-refractivity contribution in [1.29, 1.82) is 0 Å². The van der Waals surface area contributed by atoms with Crippen LogP contribution >= 0.6 is 21.1 Å². The highest BCUT2D eigenvalue weighted by atomic mass is 35.5. The van der Waals surface area contributed by atoms with Gasteiger partial charge in [0.2, 0.25) is 5.91 Å². The van der Waals surface area contributed by atoms with E-state index in [-0.39, 0.29) is 36.1 Å². The van der Waals surface area contributed by atoms with Crippen LogP contribution in [0.15, 0.2) is 42.5 Å². The SMILES string of the molecule is COc1cc(C(=O)C2CCC[C@H]2CO)c(N)cc1OCCCCCC(=O)N1C[C@@H](CCl)c2c1cc(OP)c1ccccc21. The summed E-state index contributed by atoms with van der Waals surface area (Å²) in [4.78, 5) is 28.3. The third-order valence-electron chi connectivity index (χ3n) is 8.87. The quantitative estimate of drug-likeness (QED) is 0.0732. The third-order valence-corrected chi connectivity index (χ3v) is 9.49. The Kier molecular flexibility index (Phi) is 10.3. The molecule has 1 heterocycles. The van der Waals surface area contributed by atoms with E-state index in [9.17, 15) is 14.7 Å². The van der Waals surface area contributed by atoms with E-state index in [1.807, 2.05) is 29.2 Å². The lowest BCUT2D eigenvalue weighted by Gasteiger charge is -2.19. The van der Waals surface area contributed by atoms with Crippen LogP contribution in [0.2, 0.25) is 0 Å². The zero-order valence-corrected chi connectivity index (χ0v) is 26.4. The first-order valence-corrected chi connectivity index (χ1v) is 16.0. The number of nitrogen functional groups attached to an aromatic ring is 1. The molecule has 0 saturated heterocycles. The molecule has 0 spiro atoms. The first kappa shape index (κ1) is 31.4. The summed E-state index contributed by atoms with van der Waals surface area (Å²) in [5.74, 6) is 1.93. The Morgan fingerprint density at radius 3 is 2.58 bits per heavy atom. The summed E-state index contributed by atoms with van der Waals surface area (Å²) in [6.45, 7) is 0.991. The summed E-state index contributed by atoms with van der Waals surface area (Å²) in [5.41, 5.74) is 9.01. The number of benzene rings is 3. The van der Waals surface area contributed by atoms with E-state index in [0.29, 0.717) is 54.0 Å². The summed E-state index contributed by atoms with van der Waals surface area (Å²) < 4.78 is 17.1. The standard InChI is InChI=1S/C33H40ClN2O6P/c1-40-29-14-25(33(39)22-11-7-8-20(22)19-37)26(35)15-30(29)41-13-6-2-3-12-31(38)36-18-21(17-34)32-24-10-5-4-9-23(24)28(42-43)16-27(32)36/h4-5,9-10,14-16,20-22,37H,2-3,6-8,11-13,17-19,35,43H2,1H3/t20-,21+,22?/m0/s1. The normalized spacial score (nSPS) is 19.4. The summed E-state index contributed by atoms with van der Waals surface area (Å²) >= 11 is 6.36. The molecule has 5 rings (SSSR count). The highest BCUT2D eigenvalue weighted by molar-refractivity contribution is 7.10. The fraction of sp³-hybridized carbons (Fsp3) is 0.455. The number of unbranched alkanes of at least 4 members (excludes halogenated alkanes) is 2. The minimum absolute atomic E-state index is 0.00463. The number of halogens is 1. The lowest BCUT2D eigenvalue weighted by molar-refractivity contribution is -0.118. The Morgan fingerprint density at radius 2 is 1.86 bits per heavy atom. The van der Waals surface area contributed by atoms with Gasteiger partial charge in [-0.2, -0.15) is 0 Å². The van der Waals surface area contributed by atoms with Crippen molar-refractivity contribution in [1.82, 2.24) is 0 Å². The zero-order valence-electron chi connectivity index (χ0n) is 24.5. The fourth-order valence-corrected chi connectivity index (χ4v) is 7.05. The molecule has 8 nitrogen and oxygen atoms in total. The van der Waals surface area contributed by atoms with Gasteiger partial charge in [-0.1, -0.05) is 30.7 Å². The van der Waals surface area contributed by atoms with E-state index in [4.69, 9.17) is 31.3 Å². The highest BCUT2D eigenvalue weighted by Crippen LogP contribution is 2.46. The largest absolute Gasteiger partial charge is 0.493 e. The number of carbonyl (C=O) groups excluding carboxylic acids is 2. The second kappa shape index (κ2) is 14.1. The Morgan fingerprint density at radius 1 is 1.07 bits per heavy atom. The number of ketones is 1. The van der Waals surface area contributed by atoms with Gasteiger partial charge in [-0.25, -0.2) is 0 Å². The molecule has 10 heteroatoms. The van der Waals surface area contributed by atoms with Crippen LogP contribution in [0.5, 0.6) is 17.2 Å². The van der Waals surface area contributed by atoms with Gasteiger partial charge in [0.05, 0.1) is 28.9 Å². The predicted octanol–water partition coefficient (Wildman–Crippen LogP) is 6.50. The van der Waals surface area contributed by atoms with Gasteiger partial charge in [0.15, 0.2) is 17.3 Å². The lowest BCUT2D eigenvalue weighted by Crippen LogP contribution is -2.29. The predicted molar refractivity (Wildman–Crippen MR) is 174 cm³/mol. The van der Waals surface area contributed by atoms with E-state index in [2.05, 4.69) is 15.5 Å². The molecule has 3 aromatic rings. The van der Waals surface area contributed by atoms with Gasteiger partial charge in [0.1, 0.15) is 5.75 Å². The number of carbonyl (C=O) groups is 2. The minimum Gasteiger partial charge on any atom is -0.493 e. The van der Waals surface area contributed by atoms with E-state index >= 15 is 0 Å². The number of fused-ring (bicyclic) bond motifs is 3. The number of nitrogens with two attached hydrogens (primary N) is 1. The Bertz CT molecular complexity index is 1480. The minimum atomic E-state index is -0.221. The maximum absolute atomic E-state index is 13.3. The van der Waals surface area contributed by atoms with Crippen LogP contribution in [0, 0.1) is 11.8 Å². The van der Waals surface area contributed by atoms with Crippen molar-refractivity contribution in [2.24, 2.45) is 11.8 Å². The monoisotopic (exact) mass is 626 g/mol. The Labute approximate surface area is 260 Å². The maximum atomic E-state index is 13.3. The lowest BCUT2D eigenvalue weighted by atomic mass is 9.88. The van der Waals surface area contributed by atoms with Crippen LogP contribution in [0.25, 0.3) is 10.8 Å². The van der Waals surface area contributed by atoms with Gasteiger partial charge < -0.3 is 29.7 Å². The average molecular weight is 627 g/mol. The van der Waals surface area contributed by atoms with Crippen molar-refractivity contribution in [3.63, 3.8) is 0 Å². The molecule has 2 aliphatic rings. The Hall–Kier alpha value is -3.06. The molecule has 1 aliphatic carbocycles. The van der Waals surface area contributed by atoms with E-state index in [1.165, 1.54) is 7.11 Å². The van der Waals surface area contributed by atoms with Gasteiger partial charge in [0.25, 0.3) is 0 Å². The number of ether oxygens (including phenoxy) is 2. The molecule has 2 unspecified atom stereocenters. The number of nitrogens with zero attached hydrogens (tertiary/aromatic N) is 1. The molecule has 1 aliphatic heterocycles. The van der Waals surface area contributed by atoms with E-state index < -0.39 is 0 Å². The topological polar surface area (TPSA) is 111 Å². The molecule has 1 saturated carbocycles. The second-order valence-electron chi connectivity index (χ2n) is 11.4. The van der Waals surface area contributed by atoms with Crippen LogP contribution in [0.4, 0.5) is 11.4 Å². The number of amides is 1. The number of aliphatic hydroxyl groups excluding tert-OH is 1. The molecule has 0 aromatic heterocycles. The number of hydrogen-bond donors (Lipinski definition) is 2.